The third kappa shape index (κ3) is 7.75. The molecule has 1 radical (unpaired) electrons. The summed E-state index contributed by atoms with van der Waals surface area (Å²) in [7, 11) is 0. The van der Waals surface area contributed by atoms with Crippen LogP contribution in [-0.2, 0) is 24.9 Å². The van der Waals surface area contributed by atoms with E-state index in [1.807, 2.05) is 59.7 Å². The van der Waals surface area contributed by atoms with Crippen molar-refractivity contribution in [1.29, 1.82) is 0 Å². The fourth-order valence-electron chi connectivity index (χ4n) is 3.56. The molecule has 0 unspecified atom stereocenters. The van der Waals surface area contributed by atoms with Crippen molar-refractivity contribution in [2.45, 2.75) is 62.3 Å². The molecule has 203 valence electrons. The van der Waals surface area contributed by atoms with Crippen molar-refractivity contribution in [2.75, 3.05) is 0 Å². The maximum atomic E-state index is 11.5. The second-order valence-corrected chi connectivity index (χ2v) is 11.7. The van der Waals surface area contributed by atoms with Gasteiger partial charge in [0.05, 0.1) is 5.52 Å². The molecule has 38 heavy (non-hydrogen) atoms. The topological polar surface area (TPSA) is 55.1 Å². The van der Waals surface area contributed by atoms with E-state index in [-0.39, 0.29) is 37.1 Å². The van der Waals surface area contributed by atoms with Crippen molar-refractivity contribution in [3.63, 3.8) is 0 Å². The number of ketones is 1. The normalized spacial score (nSPS) is 12.0. The molecule has 0 amide bonds. The van der Waals surface area contributed by atoms with Gasteiger partial charge in [0.1, 0.15) is 5.76 Å². The number of rotatable bonds is 3. The van der Waals surface area contributed by atoms with Gasteiger partial charge in [-0.3, -0.25) is 9.78 Å². The quantitative estimate of drug-likeness (QED) is 0.134. The average molecular weight is 688 g/mol. The van der Waals surface area contributed by atoms with Crippen LogP contribution in [0.4, 0.5) is 0 Å². The molecule has 0 aliphatic rings. The molecule has 0 bridgehead atoms. The minimum absolute atomic E-state index is 0. The average Bonchev–Trinajstić information content (AvgIpc) is 3.34. The standard InChI is InChI=1S/C22H19N2.C11H20O2.Ir/c1-15-6-7-18(12-16(15)2)20-9-8-19-14-22(24-10-4-5-11-24)17(3)13-21(19)23-20;1-10(2,3)8(12)7-9(13)11(4,5)6;/h4-6,8-14H,1-3H3;7,12H,1-6H3;/q-1;;/b;8-7-;. The van der Waals surface area contributed by atoms with Crippen LogP contribution < -0.4 is 0 Å². The van der Waals surface area contributed by atoms with Crippen molar-refractivity contribution in [3.05, 3.63) is 95.5 Å². The molecule has 0 spiro atoms. The molecule has 5 heteroatoms. The molecule has 0 aliphatic heterocycles. The fourth-order valence-corrected chi connectivity index (χ4v) is 3.56. The van der Waals surface area contributed by atoms with Gasteiger partial charge in [0.25, 0.3) is 0 Å². The van der Waals surface area contributed by atoms with Crippen LogP contribution in [-0.4, -0.2) is 20.4 Å². The third-order valence-electron chi connectivity index (χ3n) is 6.37. The van der Waals surface area contributed by atoms with Crippen LogP contribution in [0.2, 0.25) is 0 Å². The van der Waals surface area contributed by atoms with Gasteiger partial charge in [0, 0.05) is 60.5 Å². The van der Waals surface area contributed by atoms with Crippen LogP contribution in [0.5, 0.6) is 0 Å². The predicted octanol–water partition coefficient (Wildman–Crippen LogP) is 8.51. The van der Waals surface area contributed by atoms with Crippen LogP contribution in [0.25, 0.3) is 27.8 Å². The number of fused-ring (bicyclic) bond motifs is 1. The summed E-state index contributed by atoms with van der Waals surface area (Å²) in [6, 6.07) is 20.2. The Morgan fingerprint density at radius 2 is 1.53 bits per heavy atom. The first-order chi connectivity index (χ1) is 17.2. The third-order valence-corrected chi connectivity index (χ3v) is 6.37. The molecule has 0 saturated heterocycles. The Bertz CT molecular complexity index is 1440. The van der Waals surface area contributed by atoms with E-state index < -0.39 is 5.41 Å². The minimum Gasteiger partial charge on any atom is -0.512 e. The Morgan fingerprint density at radius 3 is 2.08 bits per heavy atom. The summed E-state index contributed by atoms with van der Waals surface area (Å²) < 4.78 is 2.14. The second-order valence-electron chi connectivity index (χ2n) is 11.7. The number of allylic oxidation sites excluding steroid dienone is 2. The molecule has 2 heterocycles. The summed E-state index contributed by atoms with van der Waals surface area (Å²) >= 11 is 0. The van der Waals surface area contributed by atoms with Crippen molar-refractivity contribution in [3.8, 4) is 16.9 Å². The zero-order chi connectivity index (χ0) is 27.5. The van der Waals surface area contributed by atoms with Gasteiger partial charge in [-0.2, -0.15) is 0 Å². The minimum atomic E-state index is -0.417. The molecule has 0 aliphatic carbocycles. The molecule has 0 saturated carbocycles. The molecule has 2 aromatic carbocycles. The van der Waals surface area contributed by atoms with Gasteiger partial charge in [-0.1, -0.05) is 67.5 Å². The monoisotopic (exact) mass is 688 g/mol. The van der Waals surface area contributed by atoms with Gasteiger partial charge in [0.15, 0.2) is 5.78 Å². The number of aliphatic hydroxyl groups excluding tert-OH is 1. The summed E-state index contributed by atoms with van der Waals surface area (Å²) in [5, 5.41) is 10.7. The van der Waals surface area contributed by atoms with Crippen molar-refractivity contribution in [2.24, 2.45) is 10.8 Å². The molecule has 4 nitrogen and oxygen atoms in total. The number of aliphatic hydroxyl groups is 1. The van der Waals surface area contributed by atoms with Crippen LogP contribution in [0.3, 0.4) is 0 Å². The number of nitrogens with zero attached hydrogens (tertiary/aromatic N) is 2. The first kappa shape index (κ1) is 31.2. The van der Waals surface area contributed by atoms with E-state index in [4.69, 9.17) is 4.98 Å². The van der Waals surface area contributed by atoms with Crippen LogP contribution in [0, 0.1) is 37.7 Å². The van der Waals surface area contributed by atoms with Gasteiger partial charge < -0.3 is 9.67 Å². The van der Waals surface area contributed by atoms with Crippen LogP contribution in [0.15, 0.2) is 72.8 Å². The molecule has 0 atom stereocenters. The van der Waals surface area contributed by atoms with Crippen molar-refractivity contribution >= 4 is 16.7 Å². The molecule has 0 fully saturated rings. The zero-order valence-electron chi connectivity index (χ0n) is 23.9. The Morgan fingerprint density at radius 1 is 0.895 bits per heavy atom. The second kappa shape index (κ2) is 12.2. The van der Waals surface area contributed by atoms with E-state index in [1.54, 1.807) is 0 Å². The zero-order valence-corrected chi connectivity index (χ0v) is 26.3. The maximum absolute atomic E-state index is 11.5. The maximum Gasteiger partial charge on any atom is 0.164 e. The molecule has 1 N–H and O–H groups in total. The summed E-state index contributed by atoms with van der Waals surface area (Å²) in [4.78, 5) is 16.3. The molecular weight excluding hydrogens is 649 g/mol. The molecule has 4 aromatic rings. The number of aryl methyl sites for hydroxylation is 3. The summed E-state index contributed by atoms with van der Waals surface area (Å²) in [5.74, 6) is 0.104. The van der Waals surface area contributed by atoms with Crippen LogP contribution >= 0.6 is 0 Å². The number of pyridine rings is 1. The van der Waals surface area contributed by atoms with Gasteiger partial charge in [-0.25, -0.2) is 0 Å². The van der Waals surface area contributed by atoms with Gasteiger partial charge in [0.2, 0.25) is 0 Å². The Balaban J connectivity index is 0.000000313. The van der Waals surface area contributed by atoms with Crippen molar-refractivity contribution < 1.29 is 30.0 Å². The van der Waals surface area contributed by atoms with E-state index in [0.29, 0.717) is 0 Å². The Kier molecular flexibility index (Phi) is 10.0. The van der Waals surface area contributed by atoms with E-state index >= 15 is 0 Å². The van der Waals surface area contributed by atoms with Gasteiger partial charge in [-0.05, 0) is 42.4 Å². The summed E-state index contributed by atoms with van der Waals surface area (Å²) in [5.41, 5.74) is 7.21. The van der Waals surface area contributed by atoms with Gasteiger partial charge in [-0.15, -0.1) is 34.9 Å². The molecule has 4 rings (SSSR count). The number of aromatic nitrogens is 2. The number of carbonyl (C=O) groups is 1. The van der Waals surface area contributed by atoms with E-state index in [1.165, 1.54) is 28.5 Å². The first-order valence-electron chi connectivity index (χ1n) is 12.7. The predicted molar refractivity (Wildman–Crippen MR) is 154 cm³/mol. The summed E-state index contributed by atoms with van der Waals surface area (Å²) in [6.45, 7) is 17.5. The molecule has 2 aromatic heterocycles. The Hall–Kier alpha value is -3.01. The summed E-state index contributed by atoms with van der Waals surface area (Å²) in [6.07, 6.45) is 5.47. The number of hydrogen-bond donors (Lipinski definition) is 1. The fraction of sp³-hybridized carbons (Fsp3) is 0.333. The largest absolute Gasteiger partial charge is 0.512 e. The Labute approximate surface area is 241 Å². The van der Waals surface area contributed by atoms with E-state index in [0.717, 1.165) is 22.2 Å². The number of hydrogen-bond acceptors (Lipinski definition) is 3. The van der Waals surface area contributed by atoms with E-state index in [2.05, 4.69) is 74.1 Å². The number of benzene rings is 2. The van der Waals surface area contributed by atoms with E-state index in [9.17, 15) is 9.90 Å². The molecular formula is C33H39IrN2O2-. The van der Waals surface area contributed by atoms with Crippen LogP contribution in [0.1, 0.15) is 58.2 Å². The van der Waals surface area contributed by atoms with Crippen molar-refractivity contribution in [1.82, 2.24) is 9.55 Å². The number of carbonyl (C=O) groups excluding carboxylic acids is 1. The first-order valence-corrected chi connectivity index (χ1v) is 12.7. The smallest absolute Gasteiger partial charge is 0.164 e. The SMILES string of the molecule is CC(C)(C)C(=O)/C=C(\O)C(C)(C)C.Cc1c[c-]c(-c2ccc3cc(-n4cccc4)c(C)cc3n2)cc1C.[Ir]. The van der Waals surface area contributed by atoms with Gasteiger partial charge >= 0.3 is 0 Å².